The van der Waals surface area contributed by atoms with E-state index in [1.807, 2.05) is 24.3 Å². The van der Waals surface area contributed by atoms with Gasteiger partial charge in [0.2, 0.25) is 17.7 Å². The average molecular weight is 559 g/mol. The van der Waals surface area contributed by atoms with Crippen molar-refractivity contribution in [1.82, 2.24) is 15.5 Å². The zero-order valence-corrected chi connectivity index (χ0v) is 23.3. The van der Waals surface area contributed by atoms with Gasteiger partial charge in [-0.15, -0.1) is 0 Å². The number of carboxylic acids is 1. The molecule has 12 nitrogen and oxygen atoms in total. The van der Waals surface area contributed by atoms with E-state index in [1.165, 1.54) is 37.9 Å². The van der Waals surface area contributed by atoms with Crippen LogP contribution in [0.2, 0.25) is 0 Å². The Balaban J connectivity index is 0.00000131. The van der Waals surface area contributed by atoms with Crippen LogP contribution in [-0.2, 0) is 35.3 Å². The fraction of sp³-hybridized carbons (Fsp3) is 0.500. The van der Waals surface area contributed by atoms with Crippen molar-refractivity contribution in [1.29, 1.82) is 0 Å². The van der Waals surface area contributed by atoms with E-state index in [4.69, 9.17) is 9.90 Å². The molecule has 1 aromatic rings. The summed E-state index contributed by atoms with van der Waals surface area (Å²) in [5.41, 5.74) is 1.88. The topological polar surface area (TPSA) is 166 Å². The molecule has 1 unspecified atom stereocenters. The summed E-state index contributed by atoms with van der Waals surface area (Å²) in [5, 5.41) is 15.4. The summed E-state index contributed by atoms with van der Waals surface area (Å²) in [6.45, 7) is 7.71. The summed E-state index contributed by atoms with van der Waals surface area (Å²) in [6.07, 6.45) is 6.05. The lowest BCUT2D eigenvalue weighted by Crippen LogP contribution is -3.11. The Morgan fingerprint density at radius 3 is 2.08 bits per heavy atom. The Kier molecular flexibility index (Phi) is 13.0. The van der Waals surface area contributed by atoms with Crippen LogP contribution in [0.4, 0.5) is 5.69 Å². The second-order valence-electron chi connectivity index (χ2n) is 10.2. The number of nitrogens with one attached hydrogen (secondary N) is 4. The highest BCUT2D eigenvalue weighted by Crippen LogP contribution is 2.10. The Morgan fingerprint density at radius 2 is 1.52 bits per heavy atom. The normalized spacial score (nSPS) is 15.8. The van der Waals surface area contributed by atoms with E-state index in [0.717, 1.165) is 30.5 Å². The van der Waals surface area contributed by atoms with Crippen LogP contribution in [-0.4, -0.2) is 77.7 Å². The van der Waals surface area contributed by atoms with Gasteiger partial charge in [0.1, 0.15) is 12.6 Å². The van der Waals surface area contributed by atoms with Crippen LogP contribution < -0.4 is 20.9 Å². The summed E-state index contributed by atoms with van der Waals surface area (Å²) in [6, 6.07) is 6.89. The van der Waals surface area contributed by atoms with Crippen molar-refractivity contribution in [2.75, 3.05) is 31.5 Å². The number of piperidine rings is 1. The first-order valence-electron chi connectivity index (χ1n) is 13.5. The van der Waals surface area contributed by atoms with Gasteiger partial charge in [0.15, 0.2) is 0 Å². The number of aliphatic carboxylic acids is 1. The second kappa shape index (κ2) is 16.1. The zero-order chi connectivity index (χ0) is 29.7. The standard InChI is InChI=1S/C26H35N5O5.C2H4O2/c1-18(2)25(29-21(32)12-15-31-23(34)10-11-24(31)35)26(36)27-16-22(33)28-20-8-6-19(7-9-20)17-30-13-4-3-5-14-30;1-2(3)4/h6-11,18,25H,3-5,12-17H2,1-2H3,(H,27,36)(H,28,33)(H,29,32);1H3,(H,3,4)/p+1. The number of hydrogen-bond donors (Lipinski definition) is 5. The highest BCUT2D eigenvalue weighted by molar-refractivity contribution is 6.13. The molecule has 2 aliphatic heterocycles. The number of amides is 5. The molecule has 2 aliphatic rings. The van der Waals surface area contributed by atoms with Crippen LogP contribution in [0.1, 0.15) is 52.0 Å². The molecule has 0 aromatic heterocycles. The van der Waals surface area contributed by atoms with Gasteiger partial charge in [-0.05, 0) is 37.3 Å². The predicted octanol–water partition coefficient (Wildman–Crippen LogP) is -0.143. The van der Waals surface area contributed by atoms with Gasteiger partial charge < -0.3 is 26.0 Å². The predicted molar refractivity (Wildman–Crippen MR) is 147 cm³/mol. The molecule has 218 valence electrons. The Bertz CT molecular complexity index is 1070. The molecule has 3 rings (SSSR count). The van der Waals surface area contributed by atoms with E-state index in [0.29, 0.717) is 5.69 Å². The van der Waals surface area contributed by atoms with Crippen molar-refractivity contribution >= 4 is 41.2 Å². The van der Waals surface area contributed by atoms with Crippen molar-refractivity contribution < 1.29 is 38.8 Å². The highest BCUT2D eigenvalue weighted by atomic mass is 16.4. The molecular weight excluding hydrogens is 518 g/mol. The molecule has 0 aliphatic carbocycles. The number of hydrogen-bond acceptors (Lipinski definition) is 6. The third-order valence-electron chi connectivity index (χ3n) is 6.40. The SMILES string of the molecule is CC(=O)O.CC(C)C(NC(=O)CCN1C(=O)C=CC1=O)C(=O)NCC(=O)Nc1ccc(C[NH+]2CCCCC2)cc1. The number of nitrogens with zero attached hydrogens (tertiary/aromatic N) is 1. The monoisotopic (exact) mass is 558 g/mol. The minimum atomic E-state index is -0.857. The lowest BCUT2D eigenvalue weighted by molar-refractivity contribution is -0.918. The minimum absolute atomic E-state index is 0.0660. The van der Waals surface area contributed by atoms with E-state index >= 15 is 0 Å². The lowest BCUT2D eigenvalue weighted by Gasteiger charge is -2.23. The van der Waals surface area contributed by atoms with E-state index in [9.17, 15) is 24.0 Å². The summed E-state index contributed by atoms with van der Waals surface area (Å²) >= 11 is 0. The fourth-order valence-corrected chi connectivity index (χ4v) is 4.35. The number of carbonyl (C=O) groups excluding carboxylic acids is 5. The molecule has 0 spiro atoms. The van der Waals surface area contributed by atoms with E-state index in [1.54, 1.807) is 18.7 Å². The third kappa shape index (κ3) is 11.4. The van der Waals surface area contributed by atoms with Crippen LogP contribution in [0.5, 0.6) is 0 Å². The first-order chi connectivity index (χ1) is 19.0. The number of likely N-dealkylation sites (tertiary alicyclic amines) is 1. The molecule has 5 amide bonds. The Hall–Kier alpha value is -4.06. The van der Waals surface area contributed by atoms with Gasteiger partial charge >= 0.3 is 0 Å². The Labute approximate surface area is 234 Å². The minimum Gasteiger partial charge on any atom is -0.481 e. The number of quaternary nitrogens is 1. The van der Waals surface area contributed by atoms with E-state index < -0.39 is 35.6 Å². The van der Waals surface area contributed by atoms with Crippen molar-refractivity contribution in [2.45, 2.75) is 59.0 Å². The van der Waals surface area contributed by atoms with Crippen LogP contribution in [0.3, 0.4) is 0 Å². The third-order valence-corrected chi connectivity index (χ3v) is 6.40. The molecule has 1 saturated heterocycles. The van der Waals surface area contributed by atoms with Crippen LogP contribution >= 0.6 is 0 Å². The number of carboxylic acid groups (broad SMARTS) is 1. The van der Waals surface area contributed by atoms with E-state index in [2.05, 4.69) is 16.0 Å². The molecule has 40 heavy (non-hydrogen) atoms. The van der Waals surface area contributed by atoms with Gasteiger partial charge in [0.05, 0.1) is 19.6 Å². The van der Waals surface area contributed by atoms with Gasteiger partial charge in [0.25, 0.3) is 17.8 Å². The summed E-state index contributed by atoms with van der Waals surface area (Å²) < 4.78 is 0. The lowest BCUT2D eigenvalue weighted by atomic mass is 10.0. The molecular formula is C28H40N5O7+. The molecule has 1 fully saturated rings. The average Bonchev–Trinajstić information content (AvgIpc) is 3.22. The summed E-state index contributed by atoms with van der Waals surface area (Å²) in [5.74, 6) is -3.31. The number of benzene rings is 1. The summed E-state index contributed by atoms with van der Waals surface area (Å²) in [4.78, 5) is 72.1. The van der Waals surface area contributed by atoms with Crippen molar-refractivity contribution in [2.24, 2.45) is 5.92 Å². The van der Waals surface area contributed by atoms with E-state index in [-0.39, 0.29) is 31.3 Å². The molecule has 12 heteroatoms. The van der Waals surface area contributed by atoms with Gasteiger partial charge in [-0.1, -0.05) is 26.0 Å². The second-order valence-corrected chi connectivity index (χ2v) is 10.2. The quantitative estimate of drug-likeness (QED) is 0.236. The van der Waals surface area contributed by atoms with Crippen LogP contribution in [0.15, 0.2) is 36.4 Å². The van der Waals surface area contributed by atoms with Gasteiger partial charge in [0, 0.05) is 43.3 Å². The molecule has 0 saturated carbocycles. The van der Waals surface area contributed by atoms with Crippen molar-refractivity contribution in [3.8, 4) is 0 Å². The molecule has 0 radical (unpaired) electrons. The molecule has 2 heterocycles. The maximum Gasteiger partial charge on any atom is 0.300 e. The first kappa shape index (κ1) is 32.2. The smallest absolute Gasteiger partial charge is 0.300 e. The molecule has 0 bridgehead atoms. The largest absolute Gasteiger partial charge is 0.481 e. The Morgan fingerprint density at radius 1 is 0.950 bits per heavy atom. The number of rotatable bonds is 11. The maximum absolute atomic E-state index is 12.6. The summed E-state index contributed by atoms with van der Waals surface area (Å²) in [7, 11) is 0. The van der Waals surface area contributed by atoms with Gasteiger partial charge in [-0.2, -0.15) is 0 Å². The van der Waals surface area contributed by atoms with Crippen molar-refractivity contribution in [3.05, 3.63) is 42.0 Å². The highest BCUT2D eigenvalue weighted by Gasteiger charge is 2.27. The zero-order valence-electron chi connectivity index (χ0n) is 23.3. The molecule has 1 aromatic carbocycles. The van der Waals surface area contributed by atoms with Gasteiger partial charge in [-0.25, -0.2) is 0 Å². The van der Waals surface area contributed by atoms with Crippen molar-refractivity contribution in [3.63, 3.8) is 0 Å². The number of imide groups is 1. The maximum atomic E-state index is 12.6. The van der Waals surface area contributed by atoms with Crippen LogP contribution in [0.25, 0.3) is 0 Å². The fourth-order valence-electron chi connectivity index (χ4n) is 4.35. The number of carbonyl (C=O) groups is 6. The van der Waals surface area contributed by atoms with Crippen LogP contribution in [0, 0.1) is 5.92 Å². The van der Waals surface area contributed by atoms with Gasteiger partial charge in [-0.3, -0.25) is 33.7 Å². The number of anilines is 1. The first-order valence-corrected chi connectivity index (χ1v) is 13.5. The molecule has 5 N–H and O–H groups in total. The molecule has 1 atom stereocenters.